The number of anilines is 3. The molecule has 0 aromatic carbocycles. The Morgan fingerprint density at radius 3 is 2.78 bits per heavy atom. The van der Waals surface area contributed by atoms with Gasteiger partial charge in [-0.15, -0.1) is 16.4 Å². The van der Waals surface area contributed by atoms with Crippen LogP contribution in [0.4, 0.5) is 16.6 Å². The number of nitrogens with zero attached hydrogens (tertiary/aromatic N) is 6. The van der Waals surface area contributed by atoms with E-state index in [1.165, 1.54) is 22.6 Å². The van der Waals surface area contributed by atoms with Crippen LogP contribution in [0.15, 0.2) is 27.8 Å². The monoisotopic (exact) mass is 567 g/mol. The lowest BCUT2D eigenvalue weighted by atomic mass is 10.0. The van der Waals surface area contributed by atoms with Crippen LogP contribution in [0, 0.1) is 0 Å². The summed E-state index contributed by atoms with van der Waals surface area (Å²) < 4.78 is 5.12. The van der Waals surface area contributed by atoms with Crippen molar-refractivity contribution in [1.29, 1.82) is 0 Å². The number of carboxylic acid groups (broad SMARTS) is 1. The average Bonchev–Trinajstić information content (AvgIpc) is 3.29. The molecule has 1 unspecified atom stereocenters. The van der Waals surface area contributed by atoms with E-state index in [9.17, 15) is 19.5 Å². The first kappa shape index (κ1) is 26.2. The van der Waals surface area contributed by atoms with Crippen molar-refractivity contribution < 1.29 is 29.0 Å². The Morgan fingerprint density at radius 2 is 2.14 bits per heavy atom. The Balaban J connectivity index is 1.50. The smallest absolute Gasteiger partial charge is 0.384 e. The molecule has 0 bridgehead atoms. The number of nitrogen functional groups attached to an aromatic ring is 4. The number of nitrogens with two attached hydrogens (primary N) is 4. The molecule has 0 saturated carbocycles. The Labute approximate surface area is 221 Å². The van der Waals surface area contributed by atoms with Crippen molar-refractivity contribution in [3.8, 4) is 0 Å². The van der Waals surface area contributed by atoms with E-state index in [1.54, 1.807) is 6.92 Å². The summed E-state index contributed by atoms with van der Waals surface area (Å²) in [6.45, 7) is 1.84. The van der Waals surface area contributed by atoms with Crippen LogP contribution in [0.1, 0.15) is 12.7 Å². The Hall–Kier alpha value is -3.84. The number of amides is 2. The van der Waals surface area contributed by atoms with E-state index in [2.05, 4.69) is 24.8 Å². The van der Waals surface area contributed by atoms with Gasteiger partial charge in [0.1, 0.15) is 29.9 Å². The lowest BCUT2D eigenvalue weighted by molar-refractivity contribution is -0.681. The molecule has 19 heteroatoms. The molecule has 4 rings (SSSR count). The number of oxime groups is 1. The zero-order valence-corrected chi connectivity index (χ0v) is 21.6. The molecule has 2 aromatic heterocycles. The van der Waals surface area contributed by atoms with Crippen molar-refractivity contribution in [2.75, 3.05) is 41.2 Å². The summed E-state index contributed by atoms with van der Waals surface area (Å²) in [5.74, 6) is 3.34. The van der Waals surface area contributed by atoms with Crippen LogP contribution in [0.5, 0.6) is 0 Å². The highest BCUT2D eigenvalue weighted by molar-refractivity contribution is 8.01. The maximum atomic E-state index is 13.0. The summed E-state index contributed by atoms with van der Waals surface area (Å²) in [5.41, 5.74) is 17.1. The van der Waals surface area contributed by atoms with Crippen LogP contribution < -0.4 is 38.1 Å². The van der Waals surface area contributed by atoms with E-state index in [4.69, 9.17) is 27.9 Å². The van der Waals surface area contributed by atoms with Gasteiger partial charge in [0.25, 0.3) is 17.6 Å². The van der Waals surface area contributed by atoms with E-state index in [1.807, 2.05) is 0 Å². The highest BCUT2D eigenvalue weighted by Crippen LogP contribution is 2.41. The second-order valence-electron chi connectivity index (χ2n) is 7.47. The van der Waals surface area contributed by atoms with Gasteiger partial charge in [-0.1, -0.05) is 5.16 Å². The summed E-state index contributed by atoms with van der Waals surface area (Å²) in [6.07, 6.45) is 1.38. The number of thioether (sulfide) groups is 2. The molecule has 4 heterocycles. The predicted molar refractivity (Wildman–Crippen MR) is 134 cm³/mol. The molecule has 0 radical (unpaired) electrons. The SMILES string of the molecule is CCO/N=C(\C(=O)NC1C(=O)N2C(C(=O)[O-])=C(CSc3nc(N)c(N)c[n+]3N)CS[C@H]12)c1nsc(N)n1. The van der Waals surface area contributed by atoms with Gasteiger partial charge < -0.3 is 37.3 Å². The van der Waals surface area contributed by atoms with Crippen LogP contribution in [0.3, 0.4) is 0 Å². The molecular weight excluding hydrogens is 546 g/mol. The fourth-order valence-electron chi connectivity index (χ4n) is 3.39. The normalized spacial score (nSPS) is 19.3. The van der Waals surface area contributed by atoms with Gasteiger partial charge in [0.15, 0.2) is 5.13 Å². The van der Waals surface area contributed by atoms with Crippen molar-refractivity contribution in [3.05, 3.63) is 23.3 Å². The molecule has 2 aliphatic rings. The molecule has 37 heavy (non-hydrogen) atoms. The highest BCUT2D eigenvalue weighted by atomic mass is 32.2. The fraction of sp³-hybridized carbons (Fsp3) is 0.333. The molecule has 9 N–H and O–H groups in total. The number of carbonyl (C=O) groups excluding carboxylic acids is 3. The number of nitrogens with one attached hydrogen (secondary N) is 1. The van der Waals surface area contributed by atoms with Gasteiger partial charge in [0.05, 0.1) is 11.7 Å². The Morgan fingerprint density at radius 1 is 1.38 bits per heavy atom. The third-order valence-corrected chi connectivity index (χ3v) is 8.00. The second-order valence-corrected chi connectivity index (χ2v) is 10.3. The summed E-state index contributed by atoms with van der Waals surface area (Å²) in [7, 11) is 0. The molecule has 1 saturated heterocycles. The van der Waals surface area contributed by atoms with E-state index in [-0.39, 0.29) is 52.0 Å². The third kappa shape index (κ3) is 5.18. The van der Waals surface area contributed by atoms with Crippen molar-refractivity contribution in [2.45, 2.75) is 23.5 Å². The molecule has 2 atom stereocenters. The molecule has 2 aliphatic heterocycles. The summed E-state index contributed by atoms with van der Waals surface area (Å²) >= 11 is 3.26. The molecular formula is C18H21N11O5S3. The first-order chi connectivity index (χ1) is 17.6. The number of β-lactam (4-membered cyclic amide) rings is 1. The van der Waals surface area contributed by atoms with Gasteiger partial charge in [0, 0.05) is 23.0 Å². The number of hydrogen-bond acceptors (Lipinski definition) is 16. The van der Waals surface area contributed by atoms with Crippen LogP contribution in [0.25, 0.3) is 0 Å². The van der Waals surface area contributed by atoms with Crippen LogP contribution >= 0.6 is 35.1 Å². The van der Waals surface area contributed by atoms with Gasteiger partial charge >= 0.3 is 5.16 Å². The fourth-order valence-corrected chi connectivity index (χ4v) is 6.21. The summed E-state index contributed by atoms with van der Waals surface area (Å²) in [6, 6.07) is -1.02. The second kappa shape index (κ2) is 10.6. The first-order valence-electron chi connectivity index (χ1n) is 10.5. The predicted octanol–water partition coefficient (Wildman–Crippen LogP) is -3.38. The van der Waals surface area contributed by atoms with Crippen molar-refractivity contribution in [3.63, 3.8) is 0 Å². The number of carbonyl (C=O) groups is 3. The van der Waals surface area contributed by atoms with Gasteiger partial charge in [-0.2, -0.15) is 9.36 Å². The molecule has 196 valence electrons. The van der Waals surface area contributed by atoms with E-state index >= 15 is 0 Å². The maximum absolute atomic E-state index is 13.0. The third-order valence-electron chi connectivity index (χ3n) is 5.07. The van der Waals surface area contributed by atoms with E-state index in [0.29, 0.717) is 10.7 Å². The highest BCUT2D eigenvalue weighted by Gasteiger charge is 2.53. The van der Waals surface area contributed by atoms with Crippen molar-refractivity contribution >= 4 is 75.2 Å². The van der Waals surface area contributed by atoms with Crippen LogP contribution in [0.2, 0.25) is 0 Å². The average molecular weight is 568 g/mol. The molecule has 0 spiro atoms. The largest absolute Gasteiger partial charge is 0.543 e. The Bertz CT molecular complexity index is 1330. The number of rotatable bonds is 9. The zero-order valence-electron chi connectivity index (χ0n) is 19.1. The topological polar surface area (TPSA) is 258 Å². The Kier molecular flexibility index (Phi) is 7.55. The lowest BCUT2D eigenvalue weighted by Crippen LogP contribution is -2.71. The minimum absolute atomic E-state index is 0.0583. The standard InChI is InChI=1S/C18H21N11O5S3/c1-2-34-26-8(12-25-17(21)37-27-12)13(30)23-9-14(31)29-10(16(32)33)6(4-35-15(9)29)5-36-18-24-11(20)7(19)3-28(18)22/h3,9,15,20H,2,4-5,19,22H2,1H3,(H4,21,23,25,27,30,32,33)/b26-8-/t9?,15-/m1/s1. The number of fused-ring (bicyclic) bond motifs is 1. The summed E-state index contributed by atoms with van der Waals surface area (Å²) in [5, 5.41) is 18.0. The van der Waals surface area contributed by atoms with Crippen molar-refractivity contribution in [2.24, 2.45) is 5.16 Å². The van der Waals surface area contributed by atoms with Crippen molar-refractivity contribution in [1.82, 2.24) is 24.6 Å². The minimum Gasteiger partial charge on any atom is -0.543 e. The van der Waals surface area contributed by atoms with Gasteiger partial charge in [-0.05, 0) is 29.2 Å². The zero-order chi connectivity index (χ0) is 26.9. The van der Waals surface area contributed by atoms with E-state index in [0.717, 1.165) is 28.2 Å². The lowest BCUT2D eigenvalue weighted by Gasteiger charge is -2.50. The first-order valence-corrected chi connectivity index (χ1v) is 13.3. The van der Waals surface area contributed by atoms with Gasteiger partial charge in [-0.3, -0.25) is 20.3 Å². The van der Waals surface area contributed by atoms with Gasteiger partial charge in [-0.25, -0.2) is 0 Å². The van der Waals surface area contributed by atoms with Crippen LogP contribution in [-0.4, -0.2) is 72.3 Å². The molecule has 16 nitrogen and oxygen atoms in total. The molecule has 0 aliphatic carbocycles. The quantitative estimate of drug-likeness (QED) is 0.0377. The van der Waals surface area contributed by atoms with E-state index < -0.39 is 29.2 Å². The number of aromatic nitrogens is 4. The molecule has 2 aromatic rings. The molecule has 2 amide bonds. The summed E-state index contributed by atoms with van der Waals surface area (Å²) in [4.78, 5) is 52.0. The number of aliphatic carboxylic acids is 1. The van der Waals surface area contributed by atoms with Crippen LogP contribution in [-0.2, 0) is 19.2 Å². The van der Waals surface area contributed by atoms with Gasteiger partial charge in [0.2, 0.25) is 11.5 Å². The minimum atomic E-state index is -1.52. The maximum Gasteiger partial charge on any atom is 0.384 e. The molecule has 1 fully saturated rings. The number of carboxylic acids is 1. The number of hydrogen-bond donors (Lipinski definition) is 5.